The molecule has 1 aromatic carbocycles. The summed E-state index contributed by atoms with van der Waals surface area (Å²) in [6, 6.07) is 4.26. The fraction of sp³-hybridized carbons (Fsp3) is 0.542. The van der Waals surface area contributed by atoms with Crippen molar-refractivity contribution in [3.63, 3.8) is 0 Å². The van der Waals surface area contributed by atoms with E-state index >= 15 is 0 Å². The molecule has 2 aliphatic heterocycles. The zero-order valence-corrected chi connectivity index (χ0v) is 20.6. The van der Waals surface area contributed by atoms with E-state index in [1.807, 2.05) is 11.8 Å². The first-order valence-electron chi connectivity index (χ1n) is 11.5. The first-order chi connectivity index (χ1) is 16.3. The summed E-state index contributed by atoms with van der Waals surface area (Å²) in [7, 11) is 4.72. The summed E-state index contributed by atoms with van der Waals surface area (Å²) in [6.07, 6.45) is 0.480. The largest absolute Gasteiger partial charge is 0.493 e. The Morgan fingerprint density at radius 1 is 1.06 bits per heavy atom. The van der Waals surface area contributed by atoms with E-state index in [9.17, 15) is 14.4 Å². The van der Waals surface area contributed by atoms with Crippen LogP contribution in [-0.2, 0) is 14.3 Å². The molecule has 0 spiro atoms. The molecule has 10 heteroatoms. The molecule has 34 heavy (non-hydrogen) atoms. The van der Waals surface area contributed by atoms with Gasteiger partial charge >= 0.3 is 12.0 Å². The lowest BCUT2D eigenvalue weighted by molar-refractivity contribution is -0.139. The third-order valence-corrected chi connectivity index (χ3v) is 6.21. The Kier molecular flexibility index (Phi) is 8.38. The number of carbonyl (C=O) groups excluding carboxylic acids is 3. The molecule has 186 valence electrons. The highest BCUT2D eigenvalue weighted by Crippen LogP contribution is 2.36. The van der Waals surface area contributed by atoms with Gasteiger partial charge in [0.05, 0.1) is 32.4 Å². The van der Waals surface area contributed by atoms with E-state index in [0.717, 1.165) is 0 Å². The van der Waals surface area contributed by atoms with Crippen LogP contribution in [0.2, 0.25) is 0 Å². The van der Waals surface area contributed by atoms with E-state index in [-0.39, 0.29) is 18.5 Å². The number of ether oxygens (including phenoxy) is 3. The second-order valence-corrected chi connectivity index (χ2v) is 8.15. The number of urea groups is 1. The molecule has 3 rings (SSSR count). The third kappa shape index (κ3) is 5.27. The summed E-state index contributed by atoms with van der Waals surface area (Å²) >= 11 is 0. The average Bonchev–Trinajstić information content (AvgIpc) is 2.86. The Hall–Kier alpha value is -3.27. The molecule has 2 aliphatic rings. The average molecular weight is 475 g/mol. The van der Waals surface area contributed by atoms with Gasteiger partial charge in [0.25, 0.3) is 0 Å². The number of nitrogens with one attached hydrogen (secondary N) is 1. The lowest BCUT2D eigenvalue weighted by Crippen LogP contribution is -2.53. The number of hydrogen-bond donors (Lipinski definition) is 1. The zero-order valence-electron chi connectivity index (χ0n) is 20.6. The Morgan fingerprint density at radius 2 is 1.74 bits per heavy atom. The number of benzene rings is 1. The van der Waals surface area contributed by atoms with Gasteiger partial charge in [-0.2, -0.15) is 0 Å². The SMILES string of the molecule is CCOC(=O)C1=C(CN2CCN(C(=O)CC)CC2)N(C)C(=O)NC1c1ccc(OC)c(OC)c1. The van der Waals surface area contributed by atoms with E-state index in [1.165, 1.54) is 12.0 Å². The lowest BCUT2D eigenvalue weighted by atomic mass is 9.94. The van der Waals surface area contributed by atoms with Crippen molar-refractivity contribution in [2.24, 2.45) is 0 Å². The topological polar surface area (TPSA) is 101 Å². The van der Waals surface area contributed by atoms with Crippen LogP contribution in [0.5, 0.6) is 11.5 Å². The first-order valence-corrected chi connectivity index (χ1v) is 11.5. The molecular formula is C24H34N4O6. The van der Waals surface area contributed by atoms with Crippen molar-refractivity contribution in [3.8, 4) is 11.5 Å². The number of nitrogens with zero attached hydrogens (tertiary/aromatic N) is 3. The number of esters is 1. The number of rotatable bonds is 8. The van der Waals surface area contributed by atoms with E-state index in [1.54, 1.807) is 39.3 Å². The Bertz CT molecular complexity index is 955. The number of amides is 3. The van der Waals surface area contributed by atoms with Crippen LogP contribution in [0.1, 0.15) is 31.9 Å². The van der Waals surface area contributed by atoms with Crippen LogP contribution in [0.25, 0.3) is 0 Å². The highest BCUT2D eigenvalue weighted by molar-refractivity contribution is 5.95. The van der Waals surface area contributed by atoms with Crippen LogP contribution in [0, 0.1) is 0 Å². The number of piperazine rings is 1. The molecule has 1 fully saturated rings. The predicted molar refractivity (Wildman–Crippen MR) is 126 cm³/mol. The number of hydrogen-bond acceptors (Lipinski definition) is 7. The van der Waals surface area contributed by atoms with Gasteiger partial charge in [-0.05, 0) is 24.6 Å². The molecule has 2 heterocycles. The number of carbonyl (C=O) groups is 3. The standard InChI is InChI=1S/C24H34N4O6/c1-6-20(29)28-12-10-27(11-13-28)15-17-21(23(30)34-7-2)22(25-24(31)26(17)3)16-8-9-18(32-4)19(14-16)33-5/h8-9,14,22H,6-7,10-13,15H2,1-5H3,(H,25,31). The summed E-state index contributed by atoms with van der Waals surface area (Å²) in [4.78, 5) is 43.6. The molecule has 10 nitrogen and oxygen atoms in total. The maximum absolute atomic E-state index is 13.2. The highest BCUT2D eigenvalue weighted by Gasteiger charge is 2.38. The molecule has 1 aromatic rings. The van der Waals surface area contributed by atoms with Crippen molar-refractivity contribution in [1.29, 1.82) is 0 Å². The molecule has 1 unspecified atom stereocenters. The minimum atomic E-state index is -0.708. The van der Waals surface area contributed by atoms with Gasteiger partial charge in [-0.15, -0.1) is 0 Å². The van der Waals surface area contributed by atoms with Crippen molar-refractivity contribution < 1.29 is 28.6 Å². The maximum atomic E-state index is 13.2. The van der Waals surface area contributed by atoms with Crippen LogP contribution >= 0.6 is 0 Å². The van der Waals surface area contributed by atoms with E-state index in [4.69, 9.17) is 14.2 Å². The maximum Gasteiger partial charge on any atom is 0.338 e. The second-order valence-electron chi connectivity index (χ2n) is 8.15. The van der Waals surface area contributed by atoms with Gasteiger partial charge in [-0.3, -0.25) is 14.6 Å². The van der Waals surface area contributed by atoms with Gasteiger partial charge in [0.2, 0.25) is 5.91 Å². The van der Waals surface area contributed by atoms with Gasteiger partial charge in [-0.1, -0.05) is 13.0 Å². The quantitative estimate of drug-likeness (QED) is 0.573. The van der Waals surface area contributed by atoms with Crippen molar-refractivity contribution >= 4 is 17.9 Å². The summed E-state index contributed by atoms with van der Waals surface area (Å²) in [5.74, 6) is 0.694. The molecule has 0 bridgehead atoms. The molecule has 0 radical (unpaired) electrons. The summed E-state index contributed by atoms with van der Waals surface area (Å²) in [5.41, 5.74) is 1.64. The van der Waals surface area contributed by atoms with E-state index in [2.05, 4.69) is 10.2 Å². The summed E-state index contributed by atoms with van der Waals surface area (Å²) < 4.78 is 16.1. The van der Waals surface area contributed by atoms with E-state index < -0.39 is 12.0 Å². The monoisotopic (exact) mass is 474 g/mol. The van der Waals surface area contributed by atoms with Crippen molar-refractivity contribution in [2.75, 3.05) is 60.6 Å². The molecule has 1 N–H and O–H groups in total. The smallest absolute Gasteiger partial charge is 0.338 e. The summed E-state index contributed by atoms with van der Waals surface area (Å²) in [6.45, 7) is 6.74. The Balaban J connectivity index is 1.97. The first kappa shape index (κ1) is 25.4. The van der Waals surface area contributed by atoms with Crippen LogP contribution in [0.4, 0.5) is 4.79 Å². The Labute approximate surface area is 200 Å². The van der Waals surface area contributed by atoms with Crippen LogP contribution in [0.15, 0.2) is 29.5 Å². The second kappa shape index (κ2) is 11.2. The van der Waals surface area contributed by atoms with Crippen LogP contribution in [-0.4, -0.2) is 93.2 Å². The minimum Gasteiger partial charge on any atom is -0.493 e. The van der Waals surface area contributed by atoms with E-state index in [0.29, 0.717) is 67.5 Å². The number of methoxy groups -OCH3 is 2. The minimum absolute atomic E-state index is 0.133. The predicted octanol–water partition coefficient (Wildman–Crippen LogP) is 1.77. The van der Waals surface area contributed by atoms with Gasteiger partial charge in [0.1, 0.15) is 0 Å². The van der Waals surface area contributed by atoms with Crippen LogP contribution in [0.3, 0.4) is 0 Å². The fourth-order valence-corrected chi connectivity index (χ4v) is 4.27. The van der Waals surface area contributed by atoms with Gasteiger partial charge < -0.3 is 24.4 Å². The molecular weight excluding hydrogens is 440 g/mol. The van der Waals surface area contributed by atoms with Gasteiger partial charge in [-0.25, -0.2) is 9.59 Å². The molecule has 1 atom stereocenters. The molecule has 0 aromatic heterocycles. The third-order valence-electron chi connectivity index (χ3n) is 6.21. The summed E-state index contributed by atoms with van der Waals surface area (Å²) in [5, 5.41) is 2.92. The van der Waals surface area contributed by atoms with Crippen molar-refractivity contribution in [1.82, 2.24) is 20.0 Å². The molecule has 3 amide bonds. The van der Waals surface area contributed by atoms with Gasteiger partial charge in [0, 0.05) is 51.9 Å². The van der Waals surface area contributed by atoms with Crippen molar-refractivity contribution in [2.45, 2.75) is 26.3 Å². The van der Waals surface area contributed by atoms with Crippen molar-refractivity contribution in [3.05, 3.63) is 35.0 Å². The molecule has 1 saturated heterocycles. The molecule has 0 aliphatic carbocycles. The van der Waals surface area contributed by atoms with Gasteiger partial charge in [0.15, 0.2) is 11.5 Å². The normalized spacial score (nSPS) is 19.1. The lowest BCUT2D eigenvalue weighted by Gasteiger charge is -2.39. The zero-order chi connectivity index (χ0) is 24.8. The van der Waals surface area contributed by atoms with Crippen LogP contribution < -0.4 is 14.8 Å². The molecule has 0 saturated carbocycles. The number of likely N-dealkylation sites (N-methyl/N-ethyl adjacent to an activating group) is 1. The highest BCUT2D eigenvalue weighted by atomic mass is 16.5. The Morgan fingerprint density at radius 3 is 2.32 bits per heavy atom. The fourth-order valence-electron chi connectivity index (χ4n) is 4.27.